The number of carbonyl (C=O) groups excluding carboxylic acids is 1. The molecule has 1 heterocycles. The molecule has 1 saturated heterocycles. The van der Waals surface area contributed by atoms with Gasteiger partial charge in [0.05, 0.1) is 0 Å². The Labute approximate surface area is 69.2 Å². The summed E-state index contributed by atoms with van der Waals surface area (Å²) in [5, 5.41) is 17.5. The van der Waals surface area contributed by atoms with E-state index in [1.807, 2.05) is 0 Å². The first-order valence-corrected chi connectivity index (χ1v) is 4.94. The monoisotopic (exact) mass is 191 g/mol. The summed E-state index contributed by atoms with van der Waals surface area (Å²) >= 11 is 0. The fourth-order valence-corrected chi connectivity index (χ4v) is 2.31. The molecule has 0 spiro atoms. The molecule has 1 fully saturated rings. The molecule has 0 aromatic rings. The minimum Gasteiger partial charge on any atom is -0.481 e. The first kappa shape index (κ1) is 9.29. The van der Waals surface area contributed by atoms with Crippen LogP contribution in [0.3, 0.4) is 0 Å². The molecule has 66 valence electrons. The van der Waals surface area contributed by atoms with Gasteiger partial charge in [-0.1, -0.05) is 4.57 Å². The molecule has 3 atom stereocenters. The van der Waals surface area contributed by atoms with E-state index in [-0.39, 0.29) is 12.6 Å². The summed E-state index contributed by atoms with van der Waals surface area (Å²) in [6.45, 7) is 0. The van der Waals surface area contributed by atoms with Gasteiger partial charge in [-0.3, -0.25) is 9.59 Å². The lowest BCUT2D eigenvalue weighted by Crippen LogP contribution is -2.35. The standard InChI is InChI=1S/C6H7O5P/c7-4-3(5(8)9)1-2-12(11)6(4)10/h3,6,10H,1-2H2/p+1. The number of hydrogen-bond acceptors (Lipinski definition) is 4. The van der Waals surface area contributed by atoms with Gasteiger partial charge in [0.15, 0.2) is 6.16 Å². The van der Waals surface area contributed by atoms with Crippen molar-refractivity contribution in [2.24, 2.45) is 5.92 Å². The van der Waals surface area contributed by atoms with Crippen LogP contribution >= 0.6 is 7.80 Å². The second-order valence-electron chi connectivity index (χ2n) is 2.60. The Morgan fingerprint density at radius 3 is 2.67 bits per heavy atom. The van der Waals surface area contributed by atoms with Gasteiger partial charge in [-0.2, -0.15) is 0 Å². The molecule has 0 radical (unpaired) electrons. The Morgan fingerprint density at radius 1 is 1.58 bits per heavy atom. The van der Waals surface area contributed by atoms with Crippen LogP contribution in [0.1, 0.15) is 6.42 Å². The Hall–Kier alpha value is -0.800. The van der Waals surface area contributed by atoms with E-state index in [0.717, 1.165) is 0 Å². The van der Waals surface area contributed by atoms with Gasteiger partial charge in [-0.25, -0.2) is 0 Å². The smallest absolute Gasteiger partial charge is 0.378 e. The van der Waals surface area contributed by atoms with Crippen molar-refractivity contribution >= 4 is 19.6 Å². The van der Waals surface area contributed by atoms with Crippen LogP contribution in [0, 0.1) is 5.92 Å². The molecule has 0 bridgehead atoms. The number of aliphatic carboxylic acids is 1. The first-order chi connectivity index (χ1) is 5.54. The van der Waals surface area contributed by atoms with Crippen molar-refractivity contribution in [1.29, 1.82) is 0 Å². The predicted molar refractivity (Wildman–Crippen MR) is 39.2 cm³/mol. The molecule has 12 heavy (non-hydrogen) atoms. The topological polar surface area (TPSA) is 91.7 Å². The van der Waals surface area contributed by atoms with Gasteiger partial charge in [-0.05, 0) is 0 Å². The highest BCUT2D eigenvalue weighted by molar-refractivity contribution is 7.46. The third-order valence-electron chi connectivity index (χ3n) is 1.81. The minimum absolute atomic E-state index is 0.0699. The third-order valence-corrected chi connectivity index (χ3v) is 3.31. The SMILES string of the molecule is O=C(O)C1CC[P+](=O)C(O)C1=O. The van der Waals surface area contributed by atoms with Crippen molar-refractivity contribution in [3.63, 3.8) is 0 Å². The molecule has 0 aromatic carbocycles. The highest BCUT2D eigenvalue weighted by Gasteiger charge is 2.47. The zero-order valence-electron chi connectivity index (χ0n) is 6.14. The normalized spacial score (nSPS) is 33.4. The van der Waals surface area contributed by atoms with E-state index < -0.39 is 31.3 Å². The molecular weight excluding hydrogens is 183 g/mol. The van der Waals surface area contributed by atoms with E-state index in [1.54, 1.807) is 0 Å². The highest BCUT2D eigenvalue weighted by atomic mass is 31.1. The van der Waals surface area contributed by atoms with E-state index in [9.17, 15) is 14.2 Å². The highest BCUT2D eigenvalue weighted by Crippen LogP contribution is 2.36. The molecular formula is C6H8O5P+. The van der Waals surface area contributed by atoms with Gasteiger partial charge in [0.25, 0.3) is 0 Å². The molecule has 1 aliphatic heterocycles. The zero-order chi connectivity index (χ0) is 9.30. The van der Waals surface area contributed by atoms with E-state index in [1.165, 1.54) is 0 Å². The fourth-order valence-electron chi connectivity index (χ4n) is 1.09. The Bertz CT molecular complexity index is 248. The number of hydrogen-bond donors (Lipinski definition) is 2. The number of carboxylic acids is 1. The largest absolute Gasteiger partial charge is 0.481 e. The van der Waals surface area contributed by atoms with E-state index in [0.29, 0.717) is 0 Å². The molecule has 0 saturated carbocycles. The lowest BCUT2D eigenvalue weighted by atomic mass is 10.0. The summed E-state index contributed by atoms with van der Waals surface area (Å²) in [5.41, 5.74) is 0. The molecule has 3 unspecified atom stereocenters. The maximum atomic E-state index is 11.0. The molecule has 5 nitrogen and oxygen atoms in total. The van der Waals surface area contributed by atoms with Gasteiger partial charge in [0.1, 0.15) is 5.92 Å². The maximum Gasteiger partial charge on any atom is 0.378 e. The van der Waals surface area contributed by atoms with Crippen molar-refractivity contribution in [3.05, 3.63) is 0 Å². The molecule has 6 heteroatoms. The van der Waals surface area contributed by atoms with Crippen LogP contribution in [0.25, 0.3) is 0 Å². The van der Waals surface area contributed by atoms with Gasteiger partial charge in [0, 0.05) is 6.42 Å². The van der Waals surface area contributed by atoms with E-state index >= 15 is 0 Å². The van der Waals surface area contributed by atoms with Gasteiger partial charge >= 0.3 is 19.6 Å². The molecule has 1 aliphatic rings. The van der Waals surface area contributed by atoms with Crippen LogP contribution in [-0.2, 0) is 14.2 Å². The number of rotatable bonds is 1. The second kappa shape index (κ2) is 3.29. The summed E-state index contributed by atoms with van der Waals surface area (Å²) in [6, 6.07) is 0. The van der Waals surface area contributed by atoms with Crippen LogP contribution in [0.2, 0.25) is 0 Å². The van der Waals surface area contributed by atoms with E-state index in [4.69, 9.17) is 10.2 Å². The molecule has 0 aliphatic carbocycles. The predicted octanol–water partition coefficient (Wildman–Crippen LogP) is -0.194. The molecule has 1 rings (SSSR count). The maximum absolute atomic E-state index is 11.0. The number of Topliss-reactive ketones (excluding diaryl/α,β-unsaturated/α-hetero) is 1. The lowest BCUT2D eigenvalue weighted by Gasteiger charge is -2.12. The zero-order valence-corrected chi connectivity index (χ0v) is 7.03. The van der Waals surface area contributed by atoms with Crippen molar-refractivity contribution in [3.8, 4) is 0 Å². The Kier molecular flexibility index (Phi) is 2.55. The fraction of sp³-hybridized carbons (Fsp3) is 0.667. The Balaban J connectivity index is 2.78. The average molecular weight is 191 g/mol. The Morgan fingerprint density at radius 2 is 2.17 bits per heavy atom. The summed E-state index contributed by atoms with van der Waals surface area (Å²) in [4.78, 5) is 21.4. The first-order valence-electron chi connectivity index (χ1n) is 3.42. The third kappa shape index (κ3) is 1.52. The van der Waals surface area contributed by atoms with Crippen LogP contribution in [-0.4, -0.2) is 34.0 Å². The second-order valence-corrected chi connectivity index (χ2v) is 4.37. The minimum atomic E-state index is -1.95. The van der Waals surface area contributed by atoms with Crippen molar-refractivity contribution in [2.75, 3.05) is 6.16 Å². The van der Waals surface area contributed by atoms with Crippen LogP contribution < -0.4 is 0 Å². The van der Waals surface area contributed by atoms with Crippen LogP contribution in [0.15, 0.2) is 0 Å². The van der Waals surface area contributed by atoms with E-state index in [2.05, 4.69) is 0 Å². The number of ketones is 1. The summed E-state index contributed by atoms with van der Waals surface area (Å²) in [7, 11) is -1.95. The van der Waals surface area contributed by atoms with Crippen LogP contribution in [0.4, 0.5) is 0 Å². The molecule has 2 N–H and O–H groups in total. The van der Waals surface area contributed by atoms with Crippen LogP contribution in [0.5, 0.6) is 0 Å². The number of aliphatic hydroxyl groups is 1. The van der Waals surface area contributed by atoms with Gasteiger partial charge < -0.3 is 10.2 Å². The number of carboxylic acid groups (broad SMARTS) is 1. The summed E-state index contributed by atoms with van der Waals surface area (Å²) in [5.74, 6) is -4.82. The summed E-state index contributed by atoms with van der Waals surface area (Å²) < 4.78 is 10.9. The number of carbonyl (C=O) groups is 2. The summed E-state index contributed by atoms with van der Waals surface area (Å²) in [6.07, 6.45) is 0.180. The lowest BCUT2D eigenvalue weighted by molar-refractivity contribution is -0.148. The van der Waals surface area contributed by atoms with Gasteiger partial charge in [0.2, 0.25) is 5.78 Å². The van der Waals surface area contributed by atoms with Crippen molar-refractivity contribution < 1.29 is 24.4 Å². The van der Waals surface area contributed by atoms with Gasteiger partial charge in [-0.15, -0.1) is 0 Å². The quantitative estimate of drug-likeness (QED) is 0.442. The van der Waals surface area contributed by atoms with Crippen molar-refractivity contribution in [1.82, 2.24) is 0 Å². The molecule has 0 amide bonds. The molecule has 0 aromatic heterocycles. The number of aliphatic hydroxyl groups excluding tert-OH is 1. The van der Waals surface area contributed by atoms with Crippen molar-refractivity contribution in [2.45, 2.75) is 12.3 Å². The average Bonchev–Trinajstić information content (AvgIpc) is 2.00.